The summed E-state index contributed by atoms with van der Waals surface area (Å²) in [5.41, 5.74) is 4.83. The Bertz CT molecular complexity index is 1820. The van der Waals surface area contributed by atoms with Crippen LogP contribution >= 0.6 is 0 Å². The molecule has 5 aromatic rings. The third-order valence-corrected chi connectivity index (χ3v) is 9.63. The van der Waals surface area contributed by atoms with Crippen LogP contribution in [-0.4, -0.2) is 93.0 Å². The molecule has 1 N–H and O–H groups in total. The van der Waals surface area contributed by atoms with Crippen LogP contribution < -0.4 is 24.3 Å². The molecule has 0 radical (unpaired) electrons. The first-order chi connectivity index (χ1) is 24.4. The molecule has 264 valence electrons. The lowest BCUT2D eigenvalue weighted by molar-refractivity contribution is 0.0781. The molecule has 3 heterocycles. The summed E-state index contributed by atoms with van der Waals surface area (Å²) < 4.78 is 29.5. The Kier molecular flexibility index (Phi) is 11.1. The number of amides is 1. The number of carbonyl (C=O) groups is 1. The first-order valence-corrected chi connectivity index (χ1v) is 17.0. The number of furan rings is 1. The molecule has 0 spiro atoms. The molecule has 6 rings (SSSR count). The molecule has 1 aliphatic rings. The van der Waals surface area contributed by atoms with Gasteiger partial charge in [0.15, 0.2) is 11.5 Å². The molecule has 1 fully saturated rings. The molecule has 0 saturated carbocycles. The molecule has 1 atom stereocenters. The second-order valence-corrected chi connectivity index (χ2v) is 12.8. The molecule has 0 aliphatic carbocycles. The summed E-state index contributed by atoms with van der Waals surface area (Å²) in [6, 6.07) is 22.2. The van der Waals surface area contributed by atoms with Crippen LogP contribution in [0.2, 0.25) is 0 Å². The number of nitrogens with zero attached hydrogens (tertiary/aromatic N) is 4. The number of piperidine rings is 1. The van der Waals surface area contributed by atoms with Crippen LogP contribution in [-0.2, 0) is 6.54 Å². The van der Waals surface area contributed by atoms with Crippen molar-refractivity contribution in [2.75, 3.05) is 67.0 Å². The number of para-hydroxylation sites is 2. The second-order valence-electron chi connectivity index (χ2n) is 12.8. The number of likely N-dealkylation sites (tertiary alicyclic amines) is 1. The number of hydrogen-bond acceptors (Lipinski definition) is 9. The van der Waals surface area contributed by atoms with Crippen LogP contribution in [0.25, 0.3) is 11.0 Å². The average Bonchev–Trinajstić information content (AvgIpc) is 3.80. The van der Waals surface area contributed by atoms with Crippen LogP contribution in [0.1, 0.15) is 46.7 Å². The fraction of sp³-hybridized carbons (Fsp3) is 0.385. The number of benzene rings is 3. The maximum absolute atomic E-state index is 13.7. The van der Waals surface area contributed by atoms with Crippen LogP contribution in [0.15, 0.2) is 83.7 Å². The van der Waals surface area contributed by atoms with Gasteiger partial charge < -0.3 is 43.0 Å². The summed E-state index contributed by atoms with van der Waals surface area (Å²) in [7, 11) is 8.16. The van der Waals surface area contributed by atoms with Crippen molar-refractivity contribution in [3.05, 3.63) is 95.9 Å². The SMILES string of the molecule is COc1ccc(C(CCN2CCC(Nc3nc4ccccc4n3Cc3ccoc3)CC2)CN(C)C(=O)c2cc(OC)c(OC)c(OC)c2)cc1. The number of hydrogen-bond donors (Lipinski definition) is 1. The number of ether oxygens (including phenoxy) is 4. The van der Waals surface area contributed by atoms with Crippen LogP contribution in [0.5, 0.6) is 23.0 Å². The highest BCUT2D eigenvalue weighted by Crippen LogP contribution is 2.38. The lowest BCUT2D eigenvalue weighted by Gasteiger charge is -2.34. The van der Waals surface area contributed by atoms with E-state index in [1.807, 2.05) is 31.3 Å². The van der Waals surface area contributed by atoms with Gasteiger partial charge in [-0.05, 0) is 73.8 Å². The maximum Gasteiger partial charge on any atom is 0.253 e. The van der Waals surface area contributed by atoms with E-state index in [2.05, 4.69) is 45.1 Å². The minimum atomic E-state index is -0.117. The highest BCUT2D eigenvalue weighted by Gasteiger charge is 2.25. The van der Waals surface area contributed by atoms with Crippen LogP contribution in [0.3, 0.4) is 0 Å². The molecular formula is C39H47N5O6. The number of likely N-dealkylation sites (N-methyl/N-ethyl adjacent to an activating group) is 1. The van der Waals surface area contributed by atoms with Crippen molar-refractivity contribution in [2.45, 2.75) is 37.8 Å². The van der Waals surface area contributed by atoms with Gasteiger partial charge in [-0.25, -0.2) is 4.98 Å². The van der Waals surface area contributed by atoms with E-state index in [4.69, 9.17) is 28.3 Å². The number of imidazole rings is 1. The van der Waals surface area contributed by atoms with Crippen LogP contribution in [0, 0.1) is 0 Å². The molecule has 11 heteroatoms. The monoisotopic (exact) mass is 681 g/mol. The Balaban J connectivity index is 1.10. The molecule has 1 unspecified atom stereocenters. The van der Waals surface area contributed by atoms with Gasteiger partial charge in [0.1, 0.15) is 5.75 Å². The molecule has 3 aromatic carbocycles. The topological polar surface area (TPSA) is 103 Å². The predicted octanol–water partition coefficient (Wildman–Crippen LogP) is 6.53. The minimum absolute atomic E-state index is 0.117. The quantitative estimate of drug-likeness (QED) is 0.132. The fourth-order valence-corrected chi connectivity index (χ4v) is 6.81. The molecule has 11 nitrogen and oxygen atoms in total. The van der Waals surface area contributed by atoms with Gasteiger partial charge in [0.05, 0.1) is 58.5 Å². The molecule has 1 amide bonds. The summed E-state index contributed by atoms with van der Waals surface area (Å²) in [6.45, 7) is 4.13. The number of methoxy groups -OCH3 is 4. The Morgan fingerprint density at radius 3 is 2.32 bits per heavy atom. The van der Waals surface area contributed by atoms with E-state index < -0.39 is 0 Å². The van der Waals surface area contributed by atoms with Crippen molar-refractivity contribution < 1.29 is 28.2 Å². The first kappa shape index (κ1) is 34.7. The van der Waals surface area contributed by atoms with Gasteiger partial charge in [-0.2, -0.15) is 0 Å². The fourth-order valence-electron chi connectivity index (χ4n) is 6.81. The van der Waals surface area contributed by atoms with E-state index in [9.17, 15) is 4.79 Å². The normalized spacial score (nSPS) is 14.3. The van der Waals surface area contributed by atoms with Crippen molar-refractivity contribution in [1.29, 1.82) is 0 Å². The summed E-state index contributed by atoms with van der Waals surface area (Å²) in [4.78, 5) is 23.0. The number of anilines is 1. The van der Waals surface area contributed by atoms with E-state index >= 15 is 0 Å². The average molecular weight is 682 g/mol. The Morgan fingerprint density at radius 1 is 0.960 bits per heavy atom. The minimum Gasteiger partial charge on any atom is -0.497 e. The third-order valence-electron chi connectivity index (χ3n) is 9.63. The summed E-state index contributed by atoms with van der Waals surface area (Å²) in [6.07, 6.45) is 6.43. The zero-order valence-electron chi connectivity index (χ0n) is 29.6. The van der Waals surface area contributed by atoms with Gasteiger partial charge in [-0.15, -0.1) is 0 Å². The molecule has 50 heavy (non-hydrogen) atoms. The zero-order valence-corrected chi connectivity index (χ0v) is 29.6. The second kappa shape index (κ2) is 16.0. The van der Waals surface area contributed by atoms with Crippen molar-refractivity contribution in [1.82, 2.24) is 19.4 Å². The summed E-state index contributed by atoms with van der Waals surface area (Å²) in [5.74, 6) is 3.06. The largest absolute Gasteiger partial charge is 0.497 e. The predicted molar refractivity (Wildman–Crippen MR) is 194 cm³/mol. The highest BCUT2D eigenvalue weighted by molar-refractivity contribution is 5.95. The van der Waals surface area contributed by atoms with Crippen molar-refractivity contribution in [3.8, 4) is 23.0 Å². The van der Waals surface area contributed by atoms with Crippen molar-refractivity contribution in [2.24, 2.45) is 0 Å². The van der Waals surface area contributed by atoms with E-state index in [1.54, 1.807) is 58.0 Å². The molecule has 2 aromatic heterocycles. The first-order valence-electron chi connectivity index (χ1n) is 17.0. The van der Waals surface area contributed by atoms with Gasteiger partial charge >= 0.3 is 0 Å². The summed E-state index contributed by atoms with van der Waals surface area (Å²) in [5, 5.41) is 3.76. The van der Waals surface area contributed by atoms with E-state index in [0.717, 1.165) is 67.2 Å². The Hall–Kier alpha value is -5.16. The lowest BCUT2D eigenvalue weighted by atomic mass is 9.93. The standard InChI is InChI=1S/C39H47N5O6/c1-42(38(45)30-22-35(47-3)37(49-5)36(23-30)48-4)25-29(28-10-12-32(46-2)13-11-28)14-18-43-19-15-31(16-20-43)40-39-41-33-8-6-7-9-34(33)44(39)24-27-17-21-50-26-27/h6-13,17,21-23,26,29,31H,14-16,18-20,24-25H2,1-5H3,(H,40,41). The van der Waals surface area contributed by atoms with Crippen molar-refractivity contribution in [3.63, 3.8) is 0 Å². The lowest BCUT2D eigenvalue weighted by Crippen LogP contribution is -2.40. The molecule has 1 saturated heterocycles. The van der Waals surface area contributed by atoms with Crippen LogP contribution in [0.4, 0.5) is 5.95 Å². The molecule has 0 bridgehead atoms. The van der Waals surface area contributed by atoms with E-state index in [1.165, 1.54) is 5.56 Å². The Labute approximate surface area is 293 Å². The maximum atomic E-state index is 13.7. The van der Waals surface area contributed by atoms with E-state index in [0.29, 0.717) is 41.9 Å². The number of carbonyl (C=O) groups excluding carboxylic acids is 1. The zero-order chi connectivity index (χ0) is 35.0. The smallest absolute Gasteiger partial charge is 0.253 e. The van der Waals surface area contributed by atoms with E-state index in [-0.39, 0.29) is 11.8 Å². The third kappa shape index (κ3) is 7.83. The molecular weight excluding hydrogens is 634 g/mol. The van der Waals surface area contributed by atoms with Gasteiger partial charge in [0, 0.05) is 49.8 Å². The number of rotatable bonds is 15. The van der Waals surface area contributed by atoms with Gasteiger partial charge in [-0.1, -0.05) is 24.3 Å². The highest BCUT2D eigenvalue weighted by atomic mass is 16.5. The number of fused-ring (bicyclic) bond motifs is 1. The van der Waals surface area contributed by atoms with Crippen molar-refractivity contribution >= 4 is 22.9 Å². The van der Waals surface area contributed by atoms with Gasteiger partial charge in [0.25, 0.3) is 5.91 Å². The summed E-state index contributed by atoms with van der Waals surface area (Å²) >= 11 is 0. The van der Waals surface area contributed by atoms with Gasteiger partial charge in [0.2, 0.25) is 11.7 Å². The number of nitrogens with one attached hydrogen (secondary N) is 1. The number of aromatic nitrogens is 2. The molecule has 1 aliphatic heterocycles. The van der Waals surface area contributed by atoms with Gasteiger partial charge in [-0.3, -0.25) is 4.79 Å². The Morgan fingerprint density at radius 2 is 1.68 bits per heavy atom.